The van der Waals surface area contributed by atoms with E-state index >= 15 is 0 Å². The molecule has 0 radical (unpaired) electrons. The van der Waals surface area contributed by atoms with Gasteiger partial charge in [0, 0.05) is 5.56 Å². The molecule has 200 valence electrons. The number of hydrogen-bond acceptors (Lipinski definition) is 8. The van der Waals surface area contributed by atoms with Crippen LogP contribution in [0.5, 0.6) is 17.2 Å². The Bertz CT molecular complexity index is 1590. The first-order valence-electron chi connectivity index (χ1n) is 12.3. The van der Waals surface area contributed by atoms with Crippen LogP contribution in [0.2, 0.25) is 5.02 Å². The molecule has 2 aromatic carbocycles. The van der Waals surface area contributed by atoms with Gasteiger partial charge in [0.05, 0.1) is 40.1 Å². The Morgan fingerprint density at radius 3 is 2.63 bits per heavy atom. The number of hydrogen-bond donors (Lipinski definition) is 1. The van der Waals surface area contributed by atoms with Crippen LogP contribution in [-0.2, 0) is 9.53 Å². The molecule has 0 bridgehead atoms. The van der Waals surface area contributed by atoms with E-state index in [0.717, 1.165) is 0 Å². The number of phenols is 1. The first kappa shape index (κ1) is 27.5. The first-order chi connectivity index (χ1) is 18.2. The Kier molecular flexibility index (Phi) is 8.28. The molecule has 8 nitrogen and oxygen atoms in total. The maximum atomic E-state index is 13.9. The lowest BCUT2D eigenvalue weighted by Gasteiger charge is -2.26. The number of para-hydroxylation sites is 1. The van der Waals surface area contributed by atoms with Gasteiger partial charge in [-0.05, 0) is 64.5 Å². The zero-order valence-corrected chi connectivity index (χ0v) is 23.4. The topological polar surface area (TPSA) is 99.4 Å². The largest absolute Gasteiger partial charge is 0.503 e. The molecule has 0 unspecified atom stereocenters. The smallest absolute Gasteiger partial charge is 0.338 e. The molecule has 0 saturated heterocycles. The van der Waals surface area contributed by atoms with Gasteiger partial charge in [-0.3, -0.25) is 9.36 Å². The number of phenolic OH excluding ortho intramolecular Hbond substituents is 1. The maximum Gasteiger partial charge on any atom is 0.338 e. The summed E-state index contributed by atoms with van der Waals surface area (Å²) in [5.74, 6) is 0.0741. The third kappa shape index (κ3) is 5.35. The molecule has 3 aromatic rings. The van der Waals surface area contributed by atoms with Crippen LogP contribution in [0.1, 0.15) is 51.8 Å². The van der Waals surface area contributed by atoms with E-state index < -0.39 is 12.0 Å². The highest BCUT2D eigenvalue weighted by atomic mass is 35.5. The molecule has 1 aliphatic heterocycles. The molecule has 0 aliphatic carbocycles. The van der Waals surface area contributed by atoms with E-state index in [1.807, 2.05) is 38.1 Å². The van der Waals surface area contributed by atoms with Gasteiger partial charge in [0.2, 0.25) is 0 Å². The SMILES string of the molecule is CCOC(=O)C1=C(C)N=c2s/c(=C/c3cc(Cl)c(O)c(OCC)c3)c(=O)n2[C@@H]1c1ccccc1OC(C)C. The van der Waals surface area contributed by atoms with Crippen molar-refractivity contribution in [3.8, 4) is 17.2 Å². The number of nitrogens with zero attached hydrogens (tertiary/aromatic N) is 2. The van der Waals surface area contributed by atoms with E-state index in [0.29, 0.717) is 38.5 Å². The molecule has 1 atom stereocenters. The number of thiazole rings is 1. The van der Waals surface area contributed by atoms with Crippen molar-refractivity contribution >= 4 is 35.0 Å². The lowest BCUT2D eigenvalue weighted by Crippen LogP contribution is -2.40. The average molecular weight is 557 g/mol. The molecule has 4 rings (SSSR count). The van der Waals surface area contributed by atoms with E-state index in [4.69, 9.17) is 25.8 Å². The number of carbonyl (C=O) groups excluding carboxylic acids is 1. The van der Waals surface area contributed by atoms with Crippen molar-refractivity contribution in [3.63, 3.8) is 0 Å². The fraction of sp³-hybridized carbons (Fsp3) is 0.321. The molecule has 0 saturated carbocycles. The summed E-state index contributed by atoms with van der Waals surface area (Å²) in [6.45, 7) is 9.60. The molecule has 1 aliphatic rings. The van der Waals surface area contributed by atoms with Gasteiger partial charge in [-0.15, -0.1) is 0 Å². The van der Waals surface area contributed by atoms with Crippen LogP contribution in [0.4, 0.5) is 0 Å². The Morgan fingerprint density at radius 1 is 1.21 bits per heavy atom. The molecule has 0 amide bonds. The van der Waals surface area contributed by atoms with Crippen molar-refractivity contribution < 1.29 is 24.1 Å². The summed E-state index contributed by atoms with van der Waals surface area (Å²) in [7, 11) is 0. The second-order valence-electron chi connectivity index (χ2n) is 8.79. The third-order valence-electron chi connectivity index (χ3n) is 5.74. The Hall–Kier alpha value is -3.56. The fourth-order valence-corrected chi connectivity index (χ4v) is 5.51. The van der Waals surface area contributed by atoms with Gasteiger partial charge in [0.1, 0.15) is 11.8 Å². The highest BCUT2D eigenvalue weighted by molar-refractivity contribution is 7.07. The zero-order chi connectivity index (χ0) is 27.6. The van der Waals surface area contributed by atoms with Crippen molar-refractivity contribution in [3.05, 3.63) is 83.5 Å². The Morgan fingerprint density at radius 2 is 1.95 bits per heavy atom. The standard InChI is InChI=1S/C28H29ClN2O6S/c1-6-35-21-13-17(12-19(29)25(21)32)14-22-26(33)31-24(18-10-8-9-11-20(18)37-15(3)4)23(27(34)36-7-2)16(5)30-28(31)38-22/h8-15,24,32H,6-7H2,1-5H3/b22-14+/t24-/m1/s1. The van der Waals surface area contributed by atoms with Crippen molar-refractivity contribution in [2.75, 3.05) is 13.2 Å². The van der Waals surface area contributed by atoms with Crippen LogP contribution in [-0.4, -0.2) is 35.0 Å². The van der Waals surface area contributed by atoms with Crippen LogP contribution in [0.25, 0.3) is 6.08 Å². The monoisotopic (exact) mass is 556 g/mol. The van der Waals surface area contributed by atoms with Gasteiger partial charge in [0.15, 0.2) is 16.3 Å². The summed E-state index contributed by atoms with van der Waals surface area (Å²) in [5.41, 5.74) is 1.62. The van der Waals surface area contributed by atoms with Crippen molar-refractivity contribution in [1.82, 2.24) is 4.57 Å². The second kappa shape index (κ2) is 11.4. The molecule has 10 heteroatoms. The van der Waals surface area contributed by atoms with E-state index in [9.17, 15) is 14.7 Å². The summed E-state index contributed by atoms with van der Waals surface area (Å²) >= 11 is 7.40. The highest BCUT2D eigenvalue weighted by Gasteiger charge is 2.35. The maximum absolute atomic E-state index is 13.9. The minimum atomic E-state index is -0.801. The Balaban J connectivity index is 1.97. The zero-order valence-electron chi connectivity index (χ0n) is 21.8. The number of aromatic nitrogens is 1. The first-order valence-corrected chi connectivity index (χ1v) is 13.5. The Labute approximate surface area is 229 Å². The average Bonchev–Trinajstić information content (AvgIpc) is 3.16. The predicted molar refractivity (Wildman–Crippen MR) is 147 cm³/mol. The predicted octanol–water partition coefficient (Wildman–Crippen LogP) is 4.34. The van der Waals surface area contributed by atoms with Gasteiger partial charge in [-0.2, -0.15) is 0 Å². The van der Waals surface area contributed by atoms with Crippen LogP contribution >= 0.6 is 22.9 Å². The fourth-order valence-electron chi connectivity index (χ4n) is 4.25. The van der Waals surface area contributed by atoms with Crippen LogP contribution < -0.4 is 24.4 Å². The van der Waals surface area contributed by atoms with Gasteiger partial charge in [0.25, 0.3) is 5.56 Å². The van der Waals surface area contributed by atoms with Crippen LogP contribution in [0.15, 0.2) is 57.5 Å². The number of fused-ring (bicyclic) bond motifs is 1. The minimum absolute atomic E-state index is 0.105. The number of carbonyl (C=O) groups is 1. The van der Waals surface area contributed by atoms with E-state index in [1.165, 1.54) is 15.9 Å². The molecule has 2 heterocycles. The van der Waals surface area contributed by atoms with E-state index in [1.54, 1.807) is 39.0 Å². The molecule has 38 heavy (non-hydrogen) atoms. The minimum Gasteiger partial charge on any atom is -0.503 e. The summed E-state index contributed by atoms with van der Waals surface area (Å²) in [6, 6.07) is 9.70. The number of esters is 1. The normalized spacial score (nSPS) is 15.3. The van der Waals surface area contributed by atoms with E-state index in [-0.39, 0.29) is 40.4 Å². The summed E-state index contributed by atoms with van der Waals surface area (Å²) in [5, 5.41) is 10.3. The summed E-state index contributed by atoms with van der Waals surface area (Å²) in [6.07, 6.45) is 1.54. The van der Waals surface area contributed by atoms with Gasteiger partial charge in [-0.1, -0.05) is 41.1 Å². The lowest BCUT2D eigenvalue weighted by molar-refractivity contribution is -0.139. The number of aromatic hydroxyl groups is 1. The van der Waals surface area contributed by atoms with Gasteiger partial charge < -0.3 is 19.3 Å². The molecular formula is C28H29ClN2O6S. The summed E-state index contributed by atoms with van der Waals surface area (Å²) < 4.78 is 18.8. The lowest BCUT2D eigenvalue weighted by atomic mass is 9.95. The van der Waals surface area contributed by atoms with Crippen molar-refractivity contribution in [2.24, 2.45) is 4.99 Å². The quantitative estimate of drug-likeness (QED) is 0.414. The third-order valence-corrected chi connectivity index (χ3v) is 7.01. The number of benzene rings is 2. The molecule has 1 N–H and O–H groups in total. The van der Waals surface area contributed by atoms with Crippen molar-refractivity contribution in [2.45, 2.75) is 46.8 Å². The highest BCUT2D eigenvalue weighted by Crippen LogP contribution is 2.37. The molecule has 0 spiro atoms. The summed E-state index contributed by atoms with van der Waals surface area (Å²) in [4.78, 5) is 32.1. The van der Waals surface area contributed by atoms with Gasteiger partial charge >= 0.3 is 5.97 Å². The number of rotatable bonds is 8. The van der Waals surface area contributed by atoms with Crippen molar-refractivity contribution in [1.29, 1.82) is 0 Å². The molecule has 0 fully saturated rings. The molecular weight excluding hydrogens is 528 g/mol. The number of halogens is 1. The molecule has 1 aromatic heterocycles. The number of allylic oxidation sites excluding steroid dienone is 1. The van der Waals surface area contributed by atoms with Gasteiger partial charge in [-0.25, -0.2) is 9.79 Å². The van der Waals surface area contributed by atoms with E-state index in [2.05, 4.69) is 4.99 Å². The second-order valence-corrected chi connectivity index (χ2v) is 10.2. The van der Waals surface area contributed by atoms with Crippen LogP contribution in [0, 0.1) is 0 Å². The van der Waals surface area contributed by atoms with Crippen LogP contribution in [0.3, 0.4) is 0 Å². The number of ether oxygens (including phenoxy) is 3.